The van der Waals surface area contributed by atoms with Gasteiger partial charge in [-0.05, 0) is 37.0 Å². The van der Waals surface area contributed by atoms with E-state index in [1.807, 2.05) is 18.2 Å². The van der Waals surface area contributed by atoms with Gasteiger partial charge in [0.05, 0.1) is 19.3 Å². The third-order valence-corrected chi connectivity index (χ3v) is 5.21. The van der Waals surface area contributed by atoms with Crippen LogP contribution in [0.2, 0.25) is 0 Å². The SMILES string of the molecule is CCC1(C(O)c2ccc3c(c2)OCC(C)CO3)CCCC1. The summed E-state index contributed by atoms with van der Waals surface area (Å²) in [6.07, 6.45) is 5.32. The zero-order valence-electron chi connectivity index (χ0n) is 13.1. The molecule has 0 saturated heterocycles. The van der Waals surface area contributed by atoms with Gasteiger partial charge in [-0.1, -0.05) is 32.8 Å². The summed E-state index contributed by atoms with van der Waals surface area (Å²) in [6, 6.07) is 5.93. The molecule has 0 aromatic heterocycles. The quantitative estimate of drug-likeness (QED) is 0.911. The second-order valence-corrected chi connectivity index (χ2v) is 6.76. The van der Waals surface area contributed by atoms with Crippen LogP contribution in [0.25, 0.3) is 0 Å². The molecule has 3 rings (SSSR count). The van der Waals surface area contributed by atoms with E-state index in [-0.39, 0.29) is 5.41 Å². The highest BCUT2D eigenvalue weighted by Crippen LogP contribution is 2.50. The Kier molecular flexibility index (Phi) is 4.12. The van der Waals surface area contributed by atoms with Gasteiger partial charge < -0.3 is 14.6 Å². The first kappa shape index (κ1) is 14.7. The highest BCUT2D eigenvalue weighted by Gasteiger charge is 2.39. The Labute approximate surface area is 127 Å². The summed E-state index contributed by atoms with van der Waals surface area (Å²) < 4.78 is 11.6. The number of hydrogen-bond donors (Lipinski definition) is 1. The Bertz CT molecular complexity index is 491. The van der Waals surface area contributed by atoms with Gasteiger partial charge in [0.1, 0.15) is 0 Å². The maximum absolute atomic E-state index is 10.9. The minimum Gasteiger partial charge on any atom is -0.489 e. The van der Waals surface area contributed by atoms with E-state index in [2.05, 4.69) is 13.8 Å². The lowest BCUT2D eigenvalue weighted by molar-refractivity contribution is 0.0236. The number of aliphatic hydroxyl groups is 1. The Balaban J connectivity index is 1.86. The lowest BCUT2D eigenvalue weighted by Crippen LogP contribution is -2.25. The van der Waals surface area contributed by atoms with Crippen molar-refractivity contribution < 1.29 is 14.6 Å². The van der Waals surface area contributed by atoms with E-state index in [1.165, 1.54) is 12.8 Å². The molecule has 2 unspecified atom stereocenters. The molecule has 2 aliphatic rings. The van der Waals surface area contributed by atoms with E-state index < -0.39 is 6.10 Å². The largest absolute Gasteiger partial charge is 0.489 e. The fourth-order valence-electron chi connectivity index (χ4n) is 3.69. The van der Waals surface area contributed by atoms with Crippen molar-refractivity contribution in [2.45, 2.75) is 52.1 Å². The zero-order chi connectivity index (χ0) is 14.9. The Hall–Kier alpha value is -1.22. The molecule has 1 aromatic rings. The highest BCUT2D eigenvalue weighted by atomic mass is 16.5. The lowest BCUT2D eigenvalue weighted by Gasteiger charge is -2.33. The van der Waals surface area contributed by atoms with Crippen LogP contribution in [0.4, 0.5) is 0 Å². The van der Waals surface area contributed by atoms with Crippen molar-refractivity contribution in [1.29, 1.82) is 0 Å². The number of fused-ring (bicyclic) bond motifs is 1. The van der Waals surface area contributed by atoms with Crippen molar-refractivity contribution in [1.82, 2.24) is 0 Å². The van der Waals surface area contributed by atoms with E-state index >= 15 is 0 Å². The zero-order valence-corrected chi connectivity index (χ0v) is 13.1. The molecule has 116 valence electrons. The molecule has 1 fully saturated rings. The summed E-state index contributed by atoms with van der Waals surface area (Å²) >= 11 is 0. The number of hydrogen-bond acceptors (Lipinski definition) is 3. The molecular weight excluding hydrogens is 264 g/mol. The molecular formula is C18H26O3. The summed E-state index contributed by atoms with van der Waals surface area (Å²) in [4.78, 5) is 0. The van der Waals surface area contributed by atoms with Gasteiger partial charge >= 0.3 is 0 Å². The van der Waals surface area contributed by atoms with Gasteiger partial charge in [0.2, 0.25) is 0 Å². The number of aliphatic hydroxyl groups excluding tert-OH is 1. The fraction of sp³-hybridized carbons (Fsp3) is 0.667. The normalized spacial score (nSPS) is 25.4. The molecule has 3 nitrogen and oxygen atoms in total. The van der Waals surface area contributed by atoms with Crippen molar-refractivity contribution in [3.8, 4) is 11.5 Å². The molecule has 2 atom stereocenters. The van der Waals surface area contributed by atoms with E-state index in [4.69, 9.17) is 9.47 Å². The van der Waals surface area contributed by atoms with Crippen molar-refractivity contribution in [2.75, 3.05) is 13.2 Å². The van der Waals surface area contributed by atoms with Crippen LogP contribution in [0.3, 0.4) is 0 Å². The summed E-state index contributed by atoms with van der Waals surface area (Å²) in [5.41, 5.74) is 1.02. The van der Waals surface area contributed by atoms with E-state index in [9.17, 15) is 5.11 Å². The second-order valence-electron chi connectivity index (χ2n) is 6.76. The van der Waals surface area contributed by atoms with Gasteiger partial charge in [0.15, 0.2) is 11.5 Å². The third-order valence-electron chi connectivity index (χ3n) is 5.21. The van der Waals surface area contributed by atoms with Crippen LogP contribution in [-0.4, -0.2) is 18.3 Å². The molecule has 1 aliphatic carbocycles. The average Bonchev–Trinajstić information content (AvgIpc) is 2.93. The number of benzene rings is 1. The molecule has 1 saturated carbocycles. The first-order valence-electron chi connectivity index (χ1n) is 8.22. The summed E-state index contributed by atoms with van der Waals surface area (Å²) in [5.74, 6) is 1.97. The molecule has 1 aliphatic heterocycles. The first-order valence-corrected chi connectivity index (χ1v) is 8.22. The Morgan fingerprint density at radius 2 is 1.86 bits per heavy atom. The Morgan fingerprint density at radius 3 is 2.52 bits per heavy atom. The van der Waals surface area contributed by atoms with Gasteiger partial charge in [-0.15, -0.1) is 0 Å². The standard InChI is InChI=1S/C18H26O3/c1-3-18(8-4-5-9-18)17(19)14-6-7-15-16(10-14)21-12-13(2)11-20-15/h6-7,10,13,17,19H,3-5,8-9,11-12H2,1-2H3. The van der Waals surface area contributed by atoms with Crippen LogP contribution in [0.15, 0.2) is 18.2 Å². The van der Waals surface area contributed by atoms with Crippen molar-refractivity contribution in [2.24, 2.45) is 11.3 Å². The topological polar surface area (TPSA) is 38.7 Å². The van der Waals surface area contributed by atoms with Crippen LogP contribution < -0.4 is 9.47 Å². The van der Waals surface area contributed by atoms with Crippen molar-refractivity contribution >= 4 is 0 Å². The molecule has 21 heavy (non-hydrogen) atoms. The molecule has 1 aromatic carbocycles. The van der Waals surface area contributed by atoms with E-state index in [0.29, 0.717) is 19.1 Å². The molecule has 0 bridgehead atoms. The summed E-state index contributed by atoms with van der Waals surface area (Å²) in [7, 11) is 0. The van der Waals surface area contributed by atoms with Gasteiger partial charge in [0.25, 0.3) is 0 Å². The maximum Gasteiger partial charge on any atom is 0.161 e. The van der Waals surface area contributed by atoms with E-state index in [0.717, 1.165) is 36.3 Å². The summed E-state index contributed by atoms with van der Waals surface area (Å²) in [6.45, 7) is 5.67. The van der Waals surface area contributed by atoms with Gasteiger partial charge in [0, 0.05) is 11.3 Å². The van der Waals surface area contributed by atoms with E-state index in [1.54, 1.807) is 0 Å². The minimum atomic E-state index is -0.403. The minimum absolute atomic E-state index is 0.0487. The van der Waals surface area contributed by atoms with Gasteiger partial charge in [-0.2, -0.15) is 0 Å². The van der Waals surface area contributed by atoms with Gasteiger partial charge in [-0.25, -0.2) is 0 Å². The van der Waals surface area contributed by atoms with Crippen LogP contribution in [0, 0.1) is 11.3 Å². The molecule has 0 amide bonds. The summed E-state index contributed by atoms with van der Waals surface area (Å²) in [5, 5.41) is 10.9. The van der Waals surface area contributed by atoms with Crippen LogP contribution in [0.1, 0.15) is 57.6 Å². The second kappa shape index (κ2) is 5.88. The molecule has 1 N–H and O–H groups in total. The van der Waals surface area contributed by atoms with Crippen molar-refractivity contribution in [3.63, 3.8) is 0 Å². The maximum atomic E-state index is 10.9. The average molecular weight is 290 g/mol. The lowest BCUT2D eigenvalue weighted by atomic mass is 9.75. The third kappa shape index (κ3) is 2.76. The predicted molar refractivity (Wildman–Crippen MR) is 82.7 cm³/mol. The molecule has 0 radical (unpaired) electrons. The smallest absolute Gasteiger partial charge is 0.161 e. The van der Waals surface area contributed by atoms with Crippen LogP contribution in [-0.2, 0) is 0 Å². The van der Waals surface area contributed by atoms with Crippen LogP contribution in [0.5, 0.6) is 11.5 Å². The molecule has 1 heterocycles. The number of rotatable bonds is 3. The van der Waals surface area contributed by atoms with Gasteiger partial charge in [-0.3, -0.25) is 0 Å². The Morgan fingerprint density at radius 1 is 1.19 bits per heavy atom. The monoisotopic (exact) mass is 290 g/mol. The first-order chi connectivity index (χ1) is 10.1. The fourth-order valence-corrected chi connectivity index (χ4v) is 3.69. The van der Waals surface area contributed by atoms with Crippen LogP contribution >= 0.6 is 0 Å². The molecule has 0 spiro atoms. The van der Waals surface area contributed by atoms with Crippen molar-refractivity contribution in [3.05, 3.63) is 23.8 Å². The number of ether oxygens (including phenoxy) is 2. The molecule has 3 heteroatoms. The predicted octanol–water partition coefficient (Wildman–Crippen LogP) is 4.10. The highest BCUT2D eigenvalue weighted by molar-refractivity contribution is 5.44.